The number of carboxylic acid groups (broad SMARTS) is 1. The Bertz CT molecular complexity index is 443. The van der Waals surface area contributed by atoms with Crippen molar-refractivity contribution in [3.05, 3.63) is 0 Å². The predicted molar refractivity (Wildman–Crippen MR) is 73.4 cm³/mol. The molecular weight excluding hydrogens is 278 g/mol. The van der Waals surface area contributed by atoms with Gasteiger partial charge in [0.25, 0.3) is 0 Å². The van der Waals surface area contributed by atoms with Crippen LogP contribution >= 0.6 is 0 Å². The first-order chi connectivity index (χ1) is 9.68. The number of imide groups is 1. The van der Waals surface area contributed by atoms with Gasteiger partial charge in [0.2, 0.25) is 11.8 Å². The van der Waals surface area contributed by atoms with Gasteiger partial charge in [-0.15, -0.1) is 0 Å². The second kappa shape index (κ2) is 7.05. The Balaban J connectivity index is 2.24. The predicted octanol–water partition coefficient (Wildman–Crippen LogP) is -0.0182. The zero-order valence-corrected chi connectivity index (χ0v) is 12.2. The minimum absolute atomic E-state index is 0.0962. The Labute approximate surface area is 122 Å². The minimum Gasteiger partial charge on any atom is -0.481 e. The van der Waals surface area contributed by atoms with Crippen LogP contribution in [0.1, 0.15) is 39.5 Å². The molecule has 0 heterocycles. The lowest BCUT2D eigenvalue weighted by molar-refractivity contribution is -0.139. The first-order valence-electron chi connectivity index (χ1n) is 6.77. The molecule has 0 atom stereocenters. The molecule has 1 saturated carbocycles. The quantitative estimate of drug-likeness (QED) is 0.526. The Kier molecular flexibility index (Phi) is 5.69. The zero-order valence-electron chi connectivity index (χ0n) is 12.2. The molecule has 0 aromatic heterocycles. The van der Waals surface area contributed by atoms with Gasteiger partial charge in [-0.1, -0.05) is 13.8 Å². The molecule has 21 heavy (non-hydrogen) atoms. The number of rotatable bonds is 7. The maximum atomic E-state index is 11.6. The number of urea groups is 1. The number of hydrogen-bond acceptors (Lipinski definition) is 4. The van der Waals surface area contributed by atoms with Gasteiger partial charge in [-0.25, -0.2) is 4.79 Å². The molecule has 0 aromatic rings. The van der Waals surface area contributed by atoms with Gasteiger partial charge in [0.05, 0.1) is 13.0 Å². The average molecular weight is 299 g/mol. The maximum absolute atomic E-state index is 11.6. The summed E-state index contributed by atoms with van der Waals surface area (Å²) in [7, 11) is 0. The van der Waals surface area contributed by atoms with E-state index in [2.05, 4.69) is 16.0 Å². The standard InChI is InChI=1S/C13H21N3O5/c1-13(2,6-11(19)20)5-9(17)16-12(21)14-7-10(18)15-8-3-4-8/h8H,3-7H2,1-2H3,(H,15,18)(H,19,20)(H2,14,16,17,21). The number of carbonyl (C=O) groups is 4. The summed E-state index contributed by atoms with van der Waals surface area (Å²) in [5, 5.41) is 15.7. The van der Waals surface area contributed by atoms with Gasteiger partial charge in [-0.05, 0) is 18.3 Å². The number of carboxylic acids is 1. The van der Waals surface area contributed by atoms with Gasteiger partial charge >= 0.3 is 12.0 Å². The fraction of sp³-hybridized carbons (Fsp3) is 0.692. The Morgan fingerprint density at radius 1 is 1.10 bits per heavy atom. The molecule has 8 heteroatoms. The minimum atomic E-state index is -1.01. The van der Waals surface area contributed by atoms with Crippen molar-refractivity contribution in [1.29, 1.82) is 0 Å². The van der Waals surface area contributed by atoms with Crippen LogP contribution in [0.2, 0.25) is 0 Å². The van der Waals surface area contributed by atoms with Crippen molar-refractivity contribution in [2.24, 2.45) is 5.41 Å². The van der Waals surface area contributed by atoms with Crippen molar-refractivity contribution < 1.29 is 24.3 Å². The average Bonchev–Trinajstić information content (AvgIpc) is 3.07. The molecule has 0 bridgehead atoms. The summed E-state index contributed by atoms with van der Waals surface area (Å²) in [4.78, 5) is 45.0. The highest BCUT2D eigenvalue weighted by atomic mass is 16.4. The number of hydrogen-bond donors (Lipinski definition) is 4. The van der Waals surface area contributed by atoms with Gasteiger partial charge in [-0.3, -0.25) is 19.7 Å². The van der Waals surface area contributed by atoms with E-state index in [0.29, 0.717) is 0 Å². The maximum Gasteiger partial charge on any atom is 0.321 e. The Morgan fingerprint density at radius 3 is 2.24 bits per heavy atom. The van der Waals surface area contributed by atoms with Gasteiger partial charge in [0.1, 0.15) is 0 Å². The van der Waals surface area contributed by atoms with Gasteiger partial charge in [0, 0.05) is 12.5 Å². The van der Waals surface area contributed by atoms with E-state index in [9.17, 15) is 19.2 Å². The van der Waals surface area contributed by atoms with Crippen LogP contribution in [0.5, 0.6) is 0 Å². The van der Waals surface area contributed by atoms with Crippen LogP contribution in [0.25, 0.3) is 0 Å². The van der Waals surface area contributed by atoms with Crippen molar-refractivity contribution in [2.45, 2.75) is 45.6 Å². The third kappa shape index (κ3) is 7.91. The number of aliphatic carboxylic acids is 1. The summed E-state index contributed by atoms with van der Waals surface area (Å²) in [6.07, 6.45) is 1.64. The molecule has 118 valence electrons. The van der Waals surface area contributed by atoms with E-state index in [0.717, 1.165) is 12.8 Å². The van der Waals surface area contributed by atoms with E-state index in [1.807, 2.05) is 0 Å². The number of carbonyl (C=O) groups excluding carboxylic acids is 3. The monoisotopic (exact) mass is 299 g/mol. The molecular formula is C13H21N3O5. The molecule has 1 aliphatic rings. The lowest BCUT2D eigenvalue weighted by Crippen LogP contribution is -2.45. The van der Waals surface area contributed by atoms with Gasteiger partial charge in [0.15, 0.2) is 0 Å². The molecule has 0 aliphatic heterocycles. The molecule has 4 amide bonds. The number of nitrogens with one attached hydrogen (secondary N) is 3. The van der Waals surface area contributed by atoms with E-state index in [1.165, 1.54) is 0 Å². The molecule has 8 nitrogen and oxygen atoms in total. The fourth-order valence-corrected chi connectivity index (χ4v) is 1.79. The summed E-state index contributed by atoms with van der Waals surface area (Å²) in [6.45, 7) is 3.05. The van der Waals surface area contributed by atoms with Crippen LogP contribution < -0.4 is 16.0 Å². The van der Waals surface area contributed by atoms with Crippen LogP contribution in [0.15, 0.2) is 0 Å². The van der Waals surface area contributed by atoms with Crippen molar-refractivity contribution in [3.8, 4) is 0 Å². The first kappa shape index (κ1) is 16.9. The van der Waals surface area contributed by atoms with E-state index in [1.54, 1.807) is 13.8 Å². The lowest BCUT2D eigenvalue weighted by Gasteiger charge is -2.21. The van der Waals surface area contributed by atoms with Crippen LogP contribution in [-0.2, 0) is 14.4 Å². The second-order valence-corrected chi connectivity index (χ2v) is 5.98. The summed E-state index contributed by atoms with van der Waals surface area (Å²) in [6, 6.07) is -0.558. The molecule has 0 unspecified atom stereocenters. The second-order valence-electron chi connectivity index (χ2n) is 5.98. The SMILES string of the molecule is CC(C)(CC(=O)O)CC(=O)NC(=O)NCC(=O)NC1CC1. The summed E-state index contributed by atoms with van der Waals surface area (Å²) in [5.74, 6) is -1.89. The largest absolute Gasteiger partial charge is 0.481 e. The summed E-state index contributed by atoms with van der Waals surface area (Å²) >= 11 is 0. The van der Waals surface area contributed by atoms with Crippen LogP contribution in [0.3, 0.4) is 0 Å². The Hall–Kier alpha value is -2.12. The van der Waals surface area contributed by atoms with E-state index >= 15 is 0 Å². The number of amides is 4. The van der Waals surface area contributed by atoms with Crippen LogP contribution in [-0.4, -0.2) is 41.5 Å². The van der Waals surface area contributed by atoms with Gasteiger partial charge < -0.3 is 15.7 Å². The van der Waals surface area contributed by atoms with Crippen molar-refractivity contribution in [3.63, 3.8) is 0 Å². The van der Waals surface area contributed by atoms with Gasteiger partial charge in [-0.2, -0.15) is 0 Å². The fourth-order valence-electron chi connectivity index (χ4n) is 1.79. The van der Waals surface area contributed by atoms with Crippen LogP contribution in [0, 0.1) is 5.41 Å². The lowest BCUT2D eigenvalue weighted by atomic mass is 9.85. The Morgan fingerprint density at radius 2 is 1.71 bits per heavy atom. The van der Waals surface area contributed by atoms with E-state index in [-0.39, 0.29) is 31.3 Å². The molecule has 1 rings (SSSR count). The van der Waals surface area contributed by atoms with E-state index < -0.39 is 23.3 Å². The van der Waals surface area contributed by atoms with Crippen molar-refractivity contribution >= 4 is 23.8 Å². The normalized spacial score (nSPS) is 14.2. The first-order valence-corrected chi connectivity index (χ1v) is 6.77. The molecule has 4 N–H and O–H groups in total. The molecule has 1 aliphatic carbocycles. The highest BCUT2D eigenvalue weighted by Gasteiger charge is 2.26. The smallest absolute Gasteiger partial charge is 0.321 e. The molecule has 0 radical (unpaired) electrons. The topological polar surface area (TPSA) is 125 Å². The third-order valence-electron chi connectivity index (χ3n) is 2.87. The third-order valence-corrected chi connectivity index (χ3v) is 2.87. The molecule has 0 spiro atoms. The summed E-state index contributed by atoms with van der Waals surface area (Å²) < 4.78 is 0. The molecule has 1 fully saturated rings. The summed E-state index contributed by atoms with van der Waals surface area (Å²) in [5.41, 5.74) is -0.750. The molecule has 0 saturated heterocycles. The molecule has 0 aromatic carbocycles. The highest BCUT2D eigenvalue weighted by molar-refractivity contribution is 5.96. The zero-order chi connectivity index (χ0) is 16.0. The van der Waals surface area contributed by atoms with Crippen molar-refractivity contribution in [1.82, 2.24) is 16.0 Å². The van der Waals surface area contributed by atoms with Crippen LogP contribution in [0.4, 0.5) is 4.79 Å². The van der Waals surface area contributed by atoms with E-state index in [4.69, 9.17) is 5.11 Å². The van der Waals surface area contributed by atoms with Crippen molar-refractivity contribution in [2.75, 3.05) is 6.54 Å². The highest BCUT2D eigenvalue weighted by Crippen LogP contribution is 2.24.